The van der Waals surface area contributed by atoms with Gasteiger partial charge in [0.1, 0.15) is 5.52 Å². The molecule has 1 heterocycles. The molecule has 0 aliphatic heterocycles. The molecule has 0 fully saturated rings. The molecule has 5 heteroatoms. The number of aromatic carboxylic acids is 1. The Morgan fingerprint density at radius 2 is 2.29 bits per heavy atom. The highest BCUT2D eigenvalue weighted by Crippen LogP contribution is 2.27. The molecule has 0 spiro atoms. The lowest BCUT2D eigenvalue weighted by molar-refractivity contribution is 0.0699. The van der Waals surface area contributed by atoms with Gasteiger partial charge in [-0.25, -0.2) is 4.79 Å². The number of nitrogens with one attached hydrogen (secondary N) is 1. The number of halogens is 1. The number of aromatic amines is 1. The predicted octanol–water partition coefficient (Wildman–Crippen LogP) is 2.22. The fraction of sp³-hybridized carbons (Fsp3) is 0.111. The molecule has 4 nitrogen and oxygen atoms in total. The molecule has 0 aliphatic rings. The van der Waals surface area contributed by atoms with Gasteiger partial charge in [-0.1, -0.05) is 11.6 Å². The number of carbonyl (C=O) groups is 1. The highest BCUT2D eigenvalue weighted by molar-refractivity contribution is 6.36. The second-order valence-corrected chi connectivity index (χ2v) is 3.38. The van der Waals surface area contributed by atoms with Crippen LogP contribution in [-0.4, -0.2) is 21.3 Å². The first kappa shape index (κ1) is 9.02. The number of fused-ring (bicyclic) bond motifs is 1. The molecule has 2 N–H and O–H groups in total. The average molecular weight is 211 g/mol. The Morgan fingerprint density at radius 3 is 2.93 bits per heavy atom. The Balaban J connectivity index is 2.90. The summed E-state index contributed by atoms with van der Waals surface area (Å²) in [4.78, 5) is 10.8. The first-order valence-corrected chi connectivity index (χ1v) is 4.35. The van der Waals surface area contributed by atoms with Crippen LogP contribution in [0, 0.1) is 6.92 Å². The third kappa shape index (κ3) is 1.15. The summed E-state index contributed by atoms with van der Waals surface area (Å²) in [5, 5.41) is 16.7. The van der Waals surface area contributed by atoms with Crippen LogP contribution in [0.3, 0.4) is 0 Å². The van der Waals surface area contributed by atoms with Crippen LogP contribution in [0.2, 0.25) is 5.02 Å². The zero-order chi connectivity index (χ0) is 10.3. The van der Waals surface area contributed by atoms with E-state index in [-0.39, 0.29) is 5.56 Å². The maximum atomic E-state index is 10.8. The van der Waals surface area contributed by atoms with Crippen LogP contribution in [0.15, 0.2) is 12.1 Å². The van der Waals surface area contributed by atoms with E-state index < -0.39 is 5.97 Å². The van der Waals surface area contributed by atoms with Gasteiger partial charge < -0.3 is 5.11 Å². The van der Waals surface area contributed by atoms with Gasteiger partial charge in [0.25, 0.3) is 0 Å². The maximum Gasteiger partial charge on any atom is 0.337 e. The molecule has 14 heavy (non-hydrogen) atoms. The summed E-state index contributed by atoms with van der Waals surface area (Å²) in [6.45, 7) is 1.80. The van der Waals surface area contributed by atoms with Crippen molar-refractivity contribution in [2.24, 2.45) is 0 Å². The molecule has 2 aromatic rings. The number of nitrogens with zero attached hydrogens (tertiary/aromatic N) is 1. The highest BCUT2D eigenvalue weighted by atomic mass is 35.5. The second-order valence-electron chi connectivity index (χ2n) is 2.97. The number of H-pyrrole nitrogens is 1. The van der Waals surface area contributed by atoms with E-state index in [0.29, 0.717) is 15.9 Å². The summed E-state index contributed by atoms with van der Waals surface area (Å²) in [6.07, 6.45) is 0. The van der Waals surface area contributed by atoms with Crippen LogP contribution in [-0.2, 0) is 0 Å². The van der Waals surface area contributed by atoms with Crippen molar-refractivity contribution in [1.29, 1.82) is 0 Å². The van der Waals surface area contributed by atoms with Crippen LogP contribution >= 0.6 is 11.6 Å². The lowest BCUT2D eigenvalue weighted by Gasteiger charge is -1.97. The van der Waals surface area contributed by atoms with E-state index in [4.69, 9.17) is 16.7 Å². The lowest BCUT2D eigenvalue weighted by atomic mass is 10.1. The second kappa shape index (κ2) is 2.99. The Kier molecular flexibility index (Phi) is 1.93. The minimum Gasteiger partial charge on any atom is -0.478 e. The van der Waals surface area contributed by atoms with Gasteiger partial charge in [-0.15, -0.1) is 0 Å². The van der Waals surface area contributed by atoms with E-state index in [0.717, 1.165) is 5.69 Å². The van der Waals surface area contributed by atoms with Crippen LogP contribution in [0.5, 0.6) is 0 Å². The van der Waals surface area contributed by atoms with Gasteiger partial charge in [0.05, 0.1) is 10.6 Å². The molecule has 0 unspecified atom stereocenters. The van der Waals surface area contributed by atoms with Crippen LogP contribution < -0.4 is 0 Å². The largest absolute Gasteiger partial charge is 0.478 e. The van der Waals surface area contributed by atoms with Gasteiger partial charge in [-0.3, -0.25) is 5.10 Å². The molecule has 0 aliphatic carbocycles. The monoisotopic (exact) mass is 210 g/mol. The number of carboxylic acid groups (broad SMARTS) is 1. The topological polar surface area (TPSA) is 66.0 Å². The van der Waals surface area contributed by atoms with Gasteiger partial charge in [0, 0.05) is 11.1 Å². The summed E-state index contributed by atoms with van der Waals surface area (Å²) >= 11 is 5.93. The van der Waals surface area contributed by atoms with Gasteiger partial charge in [-0.2, -0.15) is 5.10 Å². The molecule has 0 saturated carbocycles. The summed E-state index contributed by atoms with van der Waals surface area (Å²) in [7, 11) is 0. The number of benzene rings is 1. The summed E-state index contributed by atoms with van der Waals surface area (Å²) in [5.74, 6) is -1.00. The standard InChI is InChI=1S/C9H7ClN2O2/c1-4-7-6(10)3-2-5(9(13)14)8(7)12-11-4/h2-3H,1H3,(H,11,12)(H,13,14). The number of aryl methyl sites for hydroxylation is 1. The van der Waals surface area contributed by atoms with Crippen LogP contribution in [0.1, 0.15) is 16.1 Å². The Hall–Kier alpha value is -1.55. The van der Waals surface area contributed by atoms with Crippen molar-refractivity contribution in [1.82, 2.24) is 10.2 Å². The van der Waals surface area contributed by atoms with E-state index in [1.807, 2.05) is 0 Å². The Labute approximate surface area is 84.5 Å². The van der Waals surface area contributed by atoms with E-state index in [9.17, 15) is 4.79 Å². The smallest absolute Gasteiger partial charge is 0.337 e. The Bertz CT molecular complexity index is 519. The maximum absolute atomic E-state index is 10.8. The fourth-order valence-electron chi connectivity index (χ4n) is 1.41. The van der Waals surface area contributed by atoms with E-state index in [2.05, 4.69) is 10.2 Å². The molecular weight excluding hydrogens is 204 g/mol. The van der Waals surface area contributed by atoms with Crippen molar-refractivity contribution in [3.8, 4) is 0 Å². The van der Waals surface area contributed by atoms with Crippen molar-refractivity contribution < 1.29 is 9.90 Å². The molecular formula is C9H7ClN2O2. The normalized spacial score (nSPS) is 10.7. The van der Waals surface area contributed by atoms with Gasteiger partial charge in [0.2, 0.25) is 0 Å². The fourth-order valence-corrected chi connectivity index (χ4v) is 1.70. The third-order valence-electron chi connectivity index (χ3n) is 2.07. The first-order chi connectivity index (χ1) is 6.61. The average Bonchev–Trinajstić information content (AvgIpc) is 2.49. The zero-order valence-electron chi connectivity index (χ0n) is 7.34. The van der Waals surface area contributed by atoms with Crippen molar-refractivity contribution >= 4 is 28.5 Å². The zero-order valence-corrected chi connectivity index (χ0v) is 8.09. The SMILES string of the molecule is Cc1[nH]nc2c(C(=O)O)ccc(Cl)c12. The number of hydrogen-bond donors (Lipinski definition) is 2. The lowest BCUT2D eigenvalue weighted by Crippen LogP contribution is -1.97. The Morgan fingerprint density at radius 1 is 1.57 bits per heavy atom. The molecule has 0 bridgehead atoms. The third-order valence-corrected chi connectivity index (χ3v) is 2.38. The summed E-state index contributed by atoms with van der Waals surface area (Å²) in [6, 6.07) is 3.02. The van der Waals surface area contributed by atoms with Crippen molar-refractivity contribution in [3.05, 3.63) is 28.4 Å². The molecule has 0 saturated heterocycles. The van der Waals surface area contributed by atoms with Crippen LogP contribution in [0.25, 0.3) is 10.9 Å². The van der Waals surface area contributed by atoms with Gasteiger partial charge in [-0.05, 0) is 19.1 Å². The first-order valence-electron chi connectivity index (χ1n) is 3.97. The van der Waals surface area contributed by atoms with Gasteiger partial charge >= 0.3 is 5.97 Å². The minimum absolute atomic E-state index is 0.161. The molecule has 2 rings (SSSR count). The quantitative estimate of drug-likeness (QED) is 0.759. The number of aromatic nitrogens is 2. The molecule has 0 amide bonds. The van der Waals surface area contributed by atoms with Crippen molar-refractivity contribution in [2.75, 3.05) is 0 Å². The number of hydrogen-bond acceptors (Lipinski definition) is 2. The molecule has 72 valence electrons. The number of rotatable bonds is 1. The molecule has 0 radical (unpaired) electrons. The minimum atomic E-state index is -1.00. The van der Waals surface area contributed by atoms with Gasteiger partial charge in [0.15, 0.2) is 0 Å². The van der Waals surface area contributed by atoms with Crippen LogP contribution in [0.4, 0.5) is 0 Å². The summed E-state index contributed by atoms with van der Waals surface area (Å²) in [5.41, 5.74) is 1.34. The highest BCUT2D eigenvalue weighted by Gasteiger charge is 2.14. The van der Waals surface area contributed by atoms with Crippen molar-refractivity contribution in [2.45, 2.75) is 6.92 Å². The predicted molar refractivity (Wildman–Crippen MR) is 52.8 cm³/mol. The molecule has 0 atom stereocenters. The van der Waals surface area contributed by atoms with Crippen molar-refractivity contribution in [3.63, 3.8) is 0 Å². The molecule has 1 aromatic carbocycles. The molecule has 1 aromatic heterocycles. The summed E-state index contributed by atoms with van der Waals surface area (Å²) < 4.78 is 0. The van der Waals surface area contributed by atoms with E-state index in [1.54, 1.807) is 13.0 Å². The number of carboxylic acids is 1. The van der Waals surface area contributed by atoms with E-state index in [1.165, 1.54) is 6.07 Å². The van der Waals surface area contributed by atoms with E-state index >= 15 is 0 Å².